The highest BCUT2D eigenvalue weighted by atomic mass is 16.4. The molecule has 0 unspecified atom stereocenters. The van der Waals surface area contributed by atoms with Gasteiger partial charge in [-0.2, -0.15) is 0 Å². The van der Waals surface area contributed by atoms with Crippen molar-refractivity contribution in [2.45, 2.75) is 161 Å². The molecule has 1 N–H and O–H groups in total. The number of hydrogen-bond donors (Lipinski definition) is 1. The maximum atomic E-state index is 10.4. The molecule has 0 atom stereocenters. The van der Waals surface area contributed by atoms with E-state index in [0.717, 1.165) is 25.7 Å². The van der Waals surface area contributed by atoms with Crippen molar-refractivity contribution >= 4 is 5.97 Å². The number of unbranched alkanes of at least 4 members (excludes halogenated alkanes) is 20. The van der Waals surface area contributed by atoms with Crippen molar-refractivity contribution in [3.63, 3.8) is 0 Å². The van der Waals surface area contributed by atoms with Crippen LogP contribution in [-0.4, -0.2) is 11.1 Å². The summed E-state index contributed by atoms with van der Waals surface area (Å²) >= 11 is 0. The highest BCUT2D eigenvalue weighted by molar-refractivity contribution is 5.66. The average molecular weight is 449 g/mol. The van der Waals surface area contributed by atoms with E-state index < -0.39 is 5.97 Å². The Kier molecular flexibility index (Phi) is 27.1. The van der Waals surface area contributed by atoms with Gasteiger partial charge >= 0.3 is 5.97 Å². The van der Waals surface area contributed by atoms with E-state index in [1.807, 2.05) is 0 Å². The molecule has 0 spiro atoms. The van der Waals surface area contributed by atoms with E-state index in [2.05, 4.69) is 31.2 Å². The Labute approximate surface area is 201 Å². The van der Waals surface area contributed by atoms with Crippen LogP contribution < -0.4 is 0 Å². The molecular formula is C30H56O2. The molecule has 0 radical (unpaired) electrons. The molecule has 0 aliphatic carbocycles. The van der Waals surface area contributed by atoms with Gasteiger partial charge in [0.15, 0.2) is 0 Å². The minimum atomic E-state index is -0.694. The van der Waals surface area contributed by atoms with Gasteiger partial charge in [-0.05, 0) is 38.5 Å². The molecule has 0 aliphatic heterocycles. The van der Waals surface area contributed by atoms with Crippen molar-refractivity contribution in [3.8, 4) is 0 Å². The largest absolute Gasteiger partial charge is 0.481 e. The van der Waals surface area contributed by atoms with Crippen LogP contribution in [0.15, 0.2) is 24.3 Å². The fourth-order valence-electron chi connectivity index (χ4n) is 4.20. The lowest BCUT2D eigenvalue weighted by molar-refractivity contribution is -0.137. The molecule has 0 bridgehead atoms. The predicted octanol–water partition coefficient (Wildman–Crippen LogP) is 10.6. The number of carboxylic acid groups (broad SMARTS) is 1. The summed E-state index contributed by atoms with van der Waals surface area (Å²) < 4.78 is 0. The molecule has 0 fully saturated rings. The molecule has 0 aromatic heterocycles. The van der Waals surface area contributed by atoms with Crippen LogP contribution in [0.3, 0.4) is 0 Å². The van der Waals surface area contributed by atoms with Crippen molar-refractivity contribution in [3.05, 3.63) is 24.3 Å². The van der Waals surface area contributed by atoms with Crippen molar-refractivity contribution in [2.75, 3.05) is 0 Å². The van der Waals surface area contributed by atoms with Crippen LogP contribution in [0.25, 0.3) is 0 Å². The van der Waals surface area contributed by atoms with Gasteiger partial charge < -0.3 is 5.11 Å². The van der Waals surface area contributed by atoms with Crippen LogP contribution in [0.5, 0.6) is 0 Å². The summed E-state index contributed by atoms with van der Waals surface area (Å²) in [6.07, 6.45) is 40.1. The van der Waals surface area contributed by atoms with E-state index in [0.29, 0.717) is 0 Å². The van der Waals surface area contributed by atoms with E-state index >= 15 is 0 Å². The lowest BCUT2D eigenvalue weighted by Crippen LogP contribution is -1.92. The van der Waals surface area contributed by atoms with Crippen molar-refractivity contribution in [1.82, 2.24) is 0 Å². The quantitative estimate of drug-likeness (QED) is 0.105. The SMILES string of the molecule is CCCCCCCCCCCCCCCCCCCC/C=C/CC/C=C/CCCC(=O)O. The molecule has 0 heterocycles. The Morgan fingerprint density at radius 3 is 1.16 bits per heavy atom. The van der Waals surface area contributed by atoms with Gasteiger partial charge in [-0.25, -0.2) is 0 Å². The van der Waals surface area contributed by atoms with Gasteiger partial charge in [0.1, 0.15) is 0 Å². The van der Waals surface area contributed by atoms with Crippen LogP contribution in [0, 0.1) is 0 Å². The van der Waals surface area contributed by atoms with Crippen LogP contribution in [-0.2, 0) is 4.79 Å². The van der Waals surface area contributed by atoms with Gasteiger partial charge in [0, 0.05) is 6.42 Å². The predicted molar refractivity (Wildman–Crippen MR) is 142 cm³/mol. The van der Waals surface area contributed by atoms with Gasteiger partial charge in [0.05, 0.1) is 0 Å². The molecule has 0 aromatic carbocycles. The lowest BCUT2D eigenvalue weighted by Gasteiger charge is -2.03. The minimum Gasteiger partial charge on any atom is -0.481 e. The minimum absolute atomic E-state index is 0.281. The maximum Gasteiger partial charge on any atom is 0.303 e. The summed E-state index contributed by atoms with van der Waals surface area (Å²) in [4.78, 5) is 10.4. The third-order valence-corrected chi connectivity index (χ3v) is 6.32. The smallest absolute Gasteiger partial charge is 0.303 e. The van der Waals surface area contributed by atoms with Crippen LogP contribution in [0.1, 0.15) is 161 Å². The summed E-state index contributed by atoms with van der Waals surface area (Å²) in [5.74, 6) is -0.694. The topological polar surface area (TPSA) is 37.3 Å². The van der Waals surface area contributed by atoms with Gasteiger partial charge in [-0.15, -0.1) is 0 Å². The normalized spacial score (nSPS) is 11.8. The molecular weight excluding hydrogens is 392 g/mol. The molecule has 2 nitrogen and oxygen atoms in total. The molecule has 32 heavy (non-hydrogen) atoms. The van der Waals surface area contributed by atoms with Gasteiger partial charge in [0.2, 0.25) is 0 Å². The zero-order valence-corrected chi connectivity index (χ0v) is 21.6. The van der Waals surface area contributed by atoms with Crippen LogP contribution in [0.2, 0.25) is 0 Å². The second-order valence-corrected chi connectivity index (χ2v) is 9.61. The Bertz CT molecular complexity index is 425. The number of hydrogen-bond acceptors (Lipinski definition) is 1. The van der Waals surface area contributed by atoms with Gasteiger partial charge in [0.25, 0.3) is 0 Å². The lowest BCUT2D eigenvalue weighted by atomic mass is 10.0. The molecule has 0 amide bonds. The summed E-state index contributed by atoms with van der Waals surface area (Å²) in [6, 6.07) is 0. The van der Waals surface area contributed by atoms with Crippen LogP contribution >= 0.6 is 0 Å². The first-order chi connectivity index (χ1) is 15.8. The van der Waals surface area contributed by atoms with Gasteiger partial charge in [-0.3, -0.25) is 4.79 Å². The standard InChI is InChI=1S/C30H56O2/c1-2-3-4-5-6-7-8-9-10-11-12-13-14-15-16-17-18-19-20-21-22-23-24-25-26-27-28-29-30(31)32/h21-22,25-26H,2-20,23-24,27-29H2,1H3,(H,31,32)/b22-21+,26-25+. The Hall–Kier alpha value is -1.05. The van der Waals surface area contributed by atoms with E-state index in [9.17, 15) is 4.79 Å². The summed E-state index contributed by atoms with van der Waals surface area (Å²) in [6.45, 7) is 2.29. The van der Waals surface area contributed by atoms with Crippen molar-refractivity contribution in [1.29, 1.82) is 0 Å². The zero-order valence-electron chi connectivity index (χ0n) is 21.6. The number of aliphatic carboxylic acids is 1. The number of allylic oxidation sites excluding steroid dienone is 4. The highest BCUT2D eigenvalue weighted by Gasteiger charge is 1.95. The monoisotopic (exact) mass is 448 g/mol. The Morgan fingerprint density at radius 2 is 0.781 bits per heavy atom. The summed E-state index contributed by atoms with van der Waals surface area (Å²) in [5.41, 5.74) is 0. The first kappa shape index (κ1) is 30.9. The van der Waals surface area contributed by atoms with E-state index in [-0.39, 0.29) is 6.42 Å². The molecule has 0 rings (SSSR count). The second-order valence-electron chi connectivity index (χ2n) is 9.61. The molecule has 0 saturated carbocycles. The summed E-state index contributed by atoms with van der Waals surface area (Å²) in [5, 5.41) is 8.57. The Balaban J connectivity index is 3.12. The molecule has 188 valence electrons. The highest BCUT2D eigenvalue weighted by Crippen LogP contribution is 2.14. The van der Waals surface area contributed by atoms with Gasteiger partial charge in [-0.1, -0.05) is 140 Å². The Morgan fingerprint density at radius 1 is 0.469 bits per heavy atom. The van der Waals surface area contributed by atoms with E-state index in [1.165, 1.54) is 122 Å². The summed E-state index contributed by atoms with van der Waals surface area (Å²) in [7, 11) is 0. The average Bonchev–Trinajstić information content (AvgIpc) is 2.78. The second kappa shape index (κ2) is 28.0. The van der Waals surface area contributed by atoms with Crippen molar-refractivity contribution in [2.24, 2.45) is 0 Å². The zero-order chi connectivity index (χ0) is 23.4. The van der Waals surface area contributed by atoms with Crippen molar-refractivity contribution < 1.29 is 9.90 Å². The number of carbonyl (C=O) groups is 1. The fourth-order valence-corrected chi connectivity index (χ4v) is 4.20. The third-order valence-electron chi connectivity index (χ3n) is 6.32. The number of carboxylic acids is 1. The third kappa shape index (κ3) is 28.9. The molecule has 0 saturated heterocycles. The van der Waals surface area contributed by atoms with E-state index in [4.69, 9.17) is 5.11 Å². The first-order valence-electron chi connectivity index (χ1n) is 14.3. The van der Waals surface area contributed by atoms with Crippen LogP contribution in [0.4, 0.5) is 0 Å². The molecule has 2 heteroatoms. The van der Waals surface area contributed by atoms with E-state index in [1.54, 1.807) is 0 Å². The number of rotatable bonds is 26. The first-order valence-corrected chi connectivity index (χ1v) is 14.3. The maximum absolute atomic E-state index is 10.4. The fraction of sp³-hybridized carbons (Fsp3) is 0.833. The molecule has 0 aliphatic rings. The molecule has 0 aromatic rings.